The lowest BCUT2D eigenvalue weighted by atomic mass is 10.1. The molecule has 1 rings (SSSR count). The minimum Gasteiger partial charge on any atom is -0.440 e. The van der Waals surface area contributed by atoms with Gasteiger partial charge in [0.05, 0.1) is 6.20 Å². The van der Waals surface area contributed by atoms with Crippen LogP contribution in [0.25, 0.3) is 0 Å². The van der Waals surface area contributed by atoms with Crippen molar-refractivity contribution in [2.24, 2.45) is 5.73 Å². The summed E-state index contributed by atoms with van der Waals surface area (Å²) in [5, 5.41) is 0.755. The number of oxazole rings is 1. The van der Waals surface area contributed by atoms with Crippen LogP contribution in [-0.4, -0.2) is 16.8 Å². The van der Waals surface area contributed by atoms with Crippen molar-refractivity contribution in [2.45, 2.75) is 37.5 Å². The molecule has 0 aliphatic rings. The SMILES string of the molecule is CCC(N)CCCSc1ncco1. The van der Waals surface area contributed by atoms with Crippen LogP contribution >= 0.6 is 11.8 Å². The van der Waals surface area contributed by atoms with E-state index in [1.807, 2.05) is 0 Å². The van der Waals surface area contributed by atoms with Crippen LogP contribution in [0.1, 0.15) is 26.2 Å². The molecule has 1 aromatic rings. The topological polar surface area (TPSA) is 52.0 Å². The van der Waals surface area contributed by atoms with Crippen LogP contribution in [0.15, 0.2) is 22.1 Å². The highest BCUT2D eigenvalue weighted by Crippen LogP contribution is 2.16. The fourth-order valence-corrected chi connectivity index (χ4v) is 1.74. The molecule has 1 aromatic heterocycles. The van der Waals surface area contributed by atoms with Crippen molar-refractivity contribution in [3.05, 3.63) is 12.5 Å². The third-order valence-electron chi connectivity index (χ3n) is 1.88. The maximum atomic E-state index is 5.78. The number of nitrogens with zero attached hydrogens (tertiary/aromatic N) is 1. The van der Waals surface area contributed by atoms with Crippen molar-refractivity contribution in [1.29, 1.82) is 0 Å². The Labute approximate surface area is 83.1 Å². The molecule has 2 N–H and O–H groups in total. The smallest absolute Gasteiger partial charge is 0.255 e. The van der Waals surface area contributed by atoms with Gasteiger partial charge in [-0.2, -0.15) is 0 Å². The molecule has 0 saturated heterocycles. The van der Waals surface area contributed by atoms with E-state index in [1.165, 1.54) is 0 Å². The molecule has 13 heavy (non-hydrogen) atoms. The van der Waals surface area contributed by atoms with E-state index < -0.39 is 0 Å². The summed E-state index contributed by atoms with van der Waals surface area (Å²) in [4.78, 5) is 4.02. The van der Waals surface area contributed by atoms with Gasteiger partial charge in [-0.3, -0.25) is 0 Å². The fraction of sp³-hybridized carbons (Fsp3) is 0.667. The molecule has 1 atom stereocenters. The van der Waals surface area contributed by atoms with Crippen molar-refractivity contribution in [1.82, 2.24) is 4.98 Å². The lowest BCUT2D eigenvalue weighted by Gasteiger charge is -2.06. The number of hydrogen-bond donors (Lipinski definition) is 1. The van der Waals surface area contributed by atoms with E-state index in [4.69, 9.17) is 10.2 Å². The van der Waals surface area contributed by atoms with E-state index >= 15 is 0 Å². The fourth-order valence-electron chi connectivity index (χ4n) is 0.991. The van der Waals surface area contributed by atoms with Gasteiger partial charge in [-0.1, -0.05) is 18.7 Å². The maximum absolute atomic E-state index is 5.78. The number of thioether (sulfide) groups is 1. The molecular weight excluding hydrogens is 184 g/mol. The van der Waals surface area contributed by atoms with E-state index in [1.54, 1.807) is 24.2 Å². The first kappa shape index (κ1) is 10.6. The van der Waals surface area contributed by atoms with E-state index in [-0.39, 0.29) is 0 Å². The van der Waals surface area contributed by atoms with Gasteiger partial charge in [0.2, 0.25) is 0 Å². The van der Waals surface area contributed by atoms with Gasteiger partial charge in [0.1, 0.15) is 6.26 Å². The van der Waals surface area contributed by atoms with Crippen LogP contribution in [-0.2, 0) is 0 Å². The standard InChI is InChI=1S/C9H16N2OS/c1-2-8(10)4-3-7-13-9-11-5-6-12-9/h5-6,8H,2-4,7,10H2,1H3. The summed E-state index contributed by atoms with van der Waals surface area (Å²) in [6.45, 7) is 2.12. The van der Waals surface area contributed by atoms with Gasteiger partial charge < -0.3 is 10.2 Å². The van der Waals surface area contributed by atoms with Gasteiger partial charge in [-0.15, -0.1) is 0 Å². The van der Waals surface area contributed by atoms with Crippen molar-refractivity contribution in [3.8, 4) is 0 Å². The van der Waals surface area contributed by atoms with Gasteiger partial charge >= 0.3 is 0 Å². The van der Waals surface area contributed by atoms with Crippen molar-refractivity contribution < 1.29 is 4.42 Å². The first-order valence-corrected chi connectivity index (χ1v) is 5.59. The zero-order valence-corrected chi connectivity index (χ0v) is 8.72. The van der Waals surface area contributed by atoms with Crippen LogP contribution < -0.4 is 5.73 Å². The molecule has 0 bridgehead atoms. The highest BCUT2D eigenvalue weighted by molar-refractivity contribution is 7.99. The third-order valence-corrected chi connectivity index (χ3v) is 2.82. The zero-order chi connectivity index (χ0) is 9.52. The Morgan fingerprint density at radius 1 is 1.69 bits per heavy atom. The summed E-state index contributed by atoms with van der Waals surface area (Å²) in [7, 11) is 0. The number of rotatable bonds is 6. The van der Waals surface area contributed by atoms with Gasteiger partial charge in [0.15, 0.2) is 0 Å². The predicted octanol–water partition coefficient (Wildman–Crippen LogP) is 2.28. The molecule has 1 unspecified atom stereocenters. The van der Waals surface area contributed by atoms with E-state index in [9.17, 15) is 0 Å². The summed E-state index contributed by atoms with van der Waals surface area (Å²) in [5.41, 5.74) is 5.78. The van der Waals surface area contributed by atoms with E-state index in [2.05, 4.69) is 11.9 Å². The highest BCUT2D eigenvalue weighted by Gasteiger charge is 2.01. The average molecular weight is 200 g/mol. The Morgan fingerprint density at radius 2 is 2.54 bits per heavy atom. The number of aromatic nitrogens is 1. The second-order valence-corrected chi connectivity index (χ2v) is 4.00. The summed E-state index contributed by atoms with van der Waals surface area (Å²) in [6.07, 6.45) is 6.54. The molecule has 0 spiro atoms. The maximum Gasteiger partial charge on any atom is 0.255 e. The zero-order valence-electron chi connectivity index (χ0n) is 7.90. The monoisotopic (exact) mass is 200 g/mol. The molecule has 0 radical (unpaired) electrons. The molecule has 0 aliphatic carbocycles. The predicted molar refractivity (Wildman–Crippen MR) is 54.7 cm³/mol. The van der Waals surface area contributed by atoms with Gasteiger partial charge in [-0.05, 0) is 19.3 Å². The molecule has 0 amide bonds. The first-order valence-electron chi connectivity index (χ1n) is 4.60. The second kappa shape index (κ2) is 6.05. The Hall–Kier alpha value is -0.480. The second-order valence-electron chi connectivity index (χ2n) is 2.96. The summed E-state index contributed by atoms with van der Waals surface area (Å²) < 4.78 is 5.09. The van der Waals surface area contributed by atoms with E-state index in [0.29, 0.717) is 6.04 Å². The summed E-state index contributed by atoms with van der Waals surface area (Å²) in [5.74, 6) is 1.04. The summed E-state index contributed by atoms with van der Waals surface area (Å²) in [6, 6.07) is 0.352. The van der Waals surface area contributed by atoms with Crippen LogP contribution in [0.5, 0.6) is 0 Å². The number of nitrogens with two attached hydrogens (primary N) is 1. The number of hydrogen-bond acceptors (Lipinski definition) is 4. The Bertz CT molecular complexity index is 213. The minimum atomic E-state index is 0.352. The minimum absolute atomic E-state index is 0.352. The quantitative estimate of drug-likeness (QED) is 0.565. The third kappa shape index (κ3) is 4.33. The molecule has 0 saturated carbocycles. The van der Waals surface area contributed by atoms with Gasteiger partial charge in [0.25, 0.3) is 5.22 Å². The molecular formula is C9H16N2OS. The summed E-state index contributed by atoms with van der Waals surface area (Å²) >= 11 is 1.65. The Balaban J connectivity index is 2.02. The normalized spacial score (nSPS) is 13.1. The molecule has 1 heterocycles. The van der Waals surface area contributed by atoms with Crippen LogP contribution in [0, 0.1) is 0 Å². The lowest BCUT2D eigenvalue weighted by molar-refractivity contribution is 0.454. The van der Waals surface area contributed by atoms with Crippen LogP contribution in [0.3, 0.4) is 0 Å². The molecule has 0 aliphatic heterocycles. The van der Waals surface area contributed by atoms with Crippen molar-refractivity contribution in [2.75, 3.05) is 5.75 Å². The average Bonchev–Trinajstić information content (AvgIpc) is 2.64. The molecule has 74 valence electrons. The van der Waals surface area contributed by atoms with Gasteiger partial charge in [-0.25, -0.2) is 4.98 Å². The van der Waals surface area contributed by atoms with Crippen molar-refractivity contribution >= 4 is 11.8 Å². The van der Waals surface area contributed by atoms with Crippen molar-refractivity contribution in [3.63, 3.8) is 0 Å². The molecule has 3 nitrogen and oxygen atoms in total. The molecule has 0 fully saturated rings. The molecule has 0 aromatic carbocycles. The lowest BCUT2D eigenvalue weighted by Crippen LogP contribution is -2.18. The largest absolute Gasteiger partial charge is 0.440 e. The first-order chi connectivity index (χ1) is 6.33. The van der Waals surface area contributed by atoms with Crippen LogP contribution in [0.2, 0.25) is 0 Å². The van der Waals surface area contributed by atoms with Crippen LogP contribution in [0.4, 0.5) is 0 Å². The van der Waals surface area contributed by atoms with E-state index in [0.717, 1.165) is 30.2 Å². The molecule has 4 heteroatoms. The Morgan fingerprint density at radius 3 is 3.15 bits per heavy atom. The van der Waals surface area contributed by atoms with Gasteiger partial charge in [0, 0.05) is 11.8 Å². The Kier molecular flexibility index (Phi) is 4.93. The highest BCUT2D eigenvalue weighted by atomic mass is 32.2.